The van der Waals surface area contributed by atoms with E-state index in [4.69, 9.17) is 0 Å². The molecule has 4 rings (SSSR count). The predicted molar refractivity (Wildman–Crippen MR) is 46.6 cm³/mol. The maximum atomic E-state index is 11.0. The topological polar surface area (TPSA) is 17.1 Å². The minimum absolute atomic E-state index is 0.165. The van der Waals surface area contributed by atoms with Gasteiger partial charge in [-0.15, -0.1) is 0 Å². The summed E-state index contributed by atoms with van der Waals surface area (Å²) in [6.45, 7) is 4.71. The van der Waals surface area contributed by atoms with E-state index in [9.17, 15) is 4.79 Å². The van der Waals surface area contributed by atoms with Gasteiger partial charge < -0.3 is 4.79 Å². The lowest BCUT2D eigenvalue weighted by Gasteiger charge is -2.59. The molecule has 0 saturated heterocycles. The Morgan fingerprint density at radius 3 is 2.50 bits per heavy atom. The number of carbonyl (C=O) groups excluding carboxylic acids is 1. The van der Waals surface area contributed by atoms with E-state index in [0.717, 1.165) is 17.8 Å². The van der Waals surface area contributed by atoms with Gasteiger partial charge in [0, 0.05) is 5.41 Å². The summed E-state index contributed by atoms with van der Waals surface area (Å²) >= 11 is 0. The molecule has 0 N–H and O–H groups in total. The molecule has 0 radical (unpaired) electrons. The zero-order chi connectivity index (χ0) is 8.56. The van der Waals surface area contributed by atoms with Crippen LogP contribution in [0, 0.1) is 28.6 Å². The zero-order valence-corrected chi connectivity index (χ0v) is 7.84. The SMILES string of the molecule is CC1(C)C2CC3CC3(C=O)C1C2. The van der Waals surface area contributed by atoms with E-state index >= 15 is 0 Å². The molecule has 1 nitrogen and oxygen atoms in total. The monoisotopic (exact) mass is 164 g/mol. The van der Waals surface area contributed by atoms with Crippen molar-refractivity contribution in [2.75, 3.05) is 0 Å². The Hall–Kier alpha value is -0.330. The van der Waals surface area contributed by atoms with Crippen molar-refractivity contribution in [1.29, 1.82) is 0 Å². The van der Waals surface area contributed by atoms with Crippen molar-refractivity contribution >= 4 is 6.29 Å². The third kappa shape index (κ3) is 0.512. The largest absolute Gasteiger partial charge is 0.303 e. The fraction of sp³-hybridized carbons (Fsp3) is 0.909. The molecule has 0 spiro atoms. The minimum atomic E-state index is 0.165. The summed E-state index contributed by atoms with van der Waals surface area (Å²) in [7, 11) is 0. The van der Waals surface area contributed by atoms with Crippen LogP contribution < -0.4 is 0 Å². The lowest BCUT2D eigenvalue weighted by molar-refractivity contribution is -0.139. The van der Waals surface area contributed by atoms with Crippen LogP contribution in [0.5, 0.6) is 0 Å². The molecule has 0 heterocycles. The summed E-state index contributed by atoms with van der Waals surface area (Å²) in [5.74, 6) is 2.45. The molecule has 0 amide bonds. The van der Waals surface area contributed by atoms with Crippen molar-refractivity contribution in [3.05, 3.63) is 0 Å². The highest BCUT2D eigenvalue weighted by Gasteiger charge is 2.72. The Kier molecular flexibility index (Phi) is 0.971. The van der Waals surface area contributed by atoms with Gasteiger partial charge in [0.2, 0.25) is 0 Å². The second-order valence-electron chi connectivity index (χ2n) is 5.67. The van der Waals surface area contributed by atoms with Gasteiger partial charge in [-0.3, -0.25) is 0 Å². The molecule has 4 atom stereocenters. The molecule has 66 valence electrons. The number of hydrogen-bond donors (Lipinski definition) is 0. The van der Waals surface area contributed by atoms with Crippen LogP contribution in [0.15, 0.2) is 0 Å². The Morgan fingerprint density at radius 2 is 2.00 bits per heavy atom. The molecule has 0 aromatic heterocycles. The van der Waals surface area contributed by atoms with Gasteiger partial charge in [-0.05, 0) is 42.4 Å². The van der Waals surface area contributed by atoms with Gasteiger partial charge in [0.15, 0.2) is 0 Å². The van der Waals surface area contributed by atoms with Crippen LogP contribution in [0.3, 0.4) is 0 Å². The highest BCUT2D eigenvalue weighted by molar-refractivity contribution is 5.67. The predicted octanol–water partition coefficient (Wildman–Crippen LogP) is 2.26. The molecule has 0 aromatic rings. The van der Waals surface area contributed by atoms with Gasteiger partial charge >= 0.3 is 0 Å². The maximum Gasteiger partial charge on any atom is 0.126 e. The first-order valence-electron chi connectivity index (χ1n) is 5.07. The number of aldehydes is 1. The molecule has 0 aromatic carbocycles. The second kappa shape index (κ2) is 1.64. The van der Waals surface area contributed by atoms with Gasteiger partial charge in [0.05, 0.1) is 0 Å². The molecule has 0 aliphatic heterocycles. The first kappa shape index (κ1) is 7.11. The molecule has 12 heavy (non-hydrogen) atoms. The molecule has 4 unspecified atom stereocenters. The van der Waals surface area contributed by atoms with Crippen LogP contribution in [0.4, 0.5) is 0 Å². The second-order valence-corrected chi connectivity index (χ2v) is 5.67. The lowest BCUT2D eigenvalue weighted by Crippen LogP contribution is -2.53. The van der Waals surface area contributed by atoms with Crippen molar-refractivity contribution < 1.29 is 4.79 Å². The maximum absolute atomic E-state index is 11.0. The van der Waals surface area contributed by atoms with E-state index in [2.05, 4.69) is 13.8 Å². The number of hydrogen-bond acceptors (Lipinski definition) is 1. The van der Waals surface area contributed by atoms with Crippen molar-refractivity contribution in [2.45, 2.75) is 33.1 Å². The Morgan fingerprint density at radius 1 is 1.25 bits per heavy atom. The Bertz CT molecular complexity index is 256. The summed E-state index contributed by atoms with van der Waals surface area (Å²) in [5, 5.41) is 0. The van der Waals surface area contributed by atoms with Gasteiger partial charge in [0.25, 0.3) is 0 Å². The van der Waals surface area contributed by atoms with Crippen molar-refractivity contribution in [1.82, 2.24) is 0 Å². The van der Waals surface area contributed by atoms with Crippen LogP contribution in [0.25, 0.3) is 0 Å². The Balaban J connectivity index is 1.99. The van der Waals surface area contributed by atoms with E-state index in [-0.39, 0.29) is 5.41 Å². The molecular formula is C11H16O. The van der Waals surface area contributed by atoms with Crippen LogP contribution in [0.1, 0.15) is 33.1 Å². The lowest BCUT2D eigenvalue weighted by atomic mass is 9.45. The van der Waals surface area contributed by atoms with Gasteiger partial charge in [-0.2, -0.15) is 0 Å². The number of rotatable bonds is 1. The zero-order valence-electron chi connectivity index (χ0n) is 7.84. The summed E-state index contributed by atoms with van der Waals surface area (Å²) in [4.78, 5) is 11.0. The van der Waals surface area contributed by atoms with Gasteiger partial charge in [-0.1, -0.05) is 13.8 Å². The van der Waals surface area contributed by atoms with Crippen LogP contribution >= 0.6 is 0 Å². The first-order chi connectivity index (χ1) is 5.61. The van der Waals surface area contributed by atoms with E-state index < -0.39 is 0 Å². The standard InChI is InChI=1S/C11H16O/c1-10(2)7-3-8-5-11(8,6-12)9(10)4-7/h6-9H,3-5H2,1-2H3. The van der Waals surface area contributed by atoms with E-state index in [0.29, 0.717) is 5.41 Å². The Labute approximate surface area is 73.5 Å². The van der Waals surface area contributed by atoms with Gasteiger partial charge in [-0.25, -0.2) is 0 Å². The molecule has 4 aliphatic rings. The van der Waals surface area contributed by atoms with Crippen molar-refractivity contribution in [3.8, 4) is 0 Å². The van der Waals surface area contributed by atoms with Crippen molar-refractivity contribution in [2.24, 2.45) is 28.6 Å². The van der Waals surface area contributed by atoms with Crippen molar-refractivity contribution in [3.63, 3.8) is 0 Å². The molecular weight excluding hydrogens is 148 g/mol. The smallest absolute Gasteiger partial charge is 0.126 e. The summed E-state index contributed by atoms with van der Waals surface area (Å²) in [6, 6.07) is 0. The van der Waals surface area contributed by atoms with Crippen LogP contribution in [-0.2, 0) is 4.79 Å². The molecule has 1 heteroatoms. The third-order valence-corrected chi connectivity index (χ3v) is 5.11. The van der Waals surface area contributed by atoms with E-state index in [1.54, 1.807) is 0 Å². The summed E-state index contributed by atoms with van der Waals surface area (Å²) in [5.41, 5.74) is 0.645. The molecule has 4 fully saturated rings. The normalized spacial score (nSPS) is 58.3. The number of carbonyl (C=O) groups is 1. The molecule has 4 saturated carbocycles. The summed E-state index contributed by atoms with van der Waals surface area (Å²) < 4.78 is 0. The molecule has 4 aliphatic carbocycles. The fourth-order valence-electron chi connectivity index (χ4n) is 4.00. The highest BCUT2D eigenvalue weighted by atomic mass is 16.1. The first-order valence-corrected chi connectivity index (χ1v) is 5.07. The fourth-order valence-corrected chi connectivity index (χ4v) is 4.00. The minimum Gasteiger partial charge on any atom is -0.303 e. The van der Waals surface area contributed by atoms with E-state index in [1.807, 2.05) is 0 Å². The van der Waals surface area contributed by atoms with Crippen LogP contribution in [0.2, 0.25) is 0 Å². The average Bonchev–Trinajstić information content (AvgIpc) is 2.77. The van der Waals surface area contributed by atoms with Gasteiger partial charge in [0.1, 0.15) is 6.29 Å². The molecule has 2 bridgehead atoms. The van der Waals surface area contributed by atoms with E-state index in [1.165, 1.54) is 25.5 Å². The highest BCUT2D eigenvalue weighted by Crippen LogP contribution is 2.77. The quantitative estimate of drug-likeness (QED) is 0.543. The summed E-state index contributed by atoms with van der Waals surface area (Å²) in [6.07, 6.45) is 5.16. The van der Waals surface area contributed by atoms with Crippen LogP contribution in [-0.4, -0.2) is 6.29 Å². The average molecular weight is 164 g/mol. The third-order valence-electron chi connectivity index (χ3n) is 5.11.